The van der Waals surface area contributed by atoms with Crippen LogP contribution < -0.4 is 4.72 Å². The maximum Gasteiger partial charge on any atom is 0.249 e. The molecule has 1 heterocycles. The molecule has 27 heavy (non-hydrogen) atoms. The van der Waals surface area contributed by atoms with Crippen molar-refractivity contribution in [2.75, 3.05) is 30.7 Å². The molecule has 7 nitrogen and oxygen atoms in total. The first-order chi connectivity index (χ1) is 12.8. The Bertz CT molecular complexity index is 744. The number of morpholine rings is 1. The van der Waals surface area contributed by atoms with E-state index in [2.05, 4.69) is 4.72 Å². The first-order valence-electron chi connectivity index (χ1n) is 9.46. The van der Waals surface area contributed by atoms with Crippen LogP contribution in [0.2, 0.25) is 0 Å². The molecular weight excluding hydrogens is 368 g/mol. The lowest BCUT2D eigenvalue weighted by molar-refractivity contribution is -0.155. The van der Waals surface area contributed by atoms with Gasteiger partial charge in [-0.2, -0.15) is 0 Å². The van der Waals surface area contributed by atoms with Gasteiger partial charge in [0.25, 0.3) is 0 Å². The first-order valence-corrected chi connectivity index (χ1v) is 11.4. The Balaban J connectivity index is 1.72. The van der Waals surface area contributed by atoms with E-state index in [1.165, 1.54) is 19.3 Å². The second-order valence-electron chi connectivity index (χ2n) is 7.57. The molecule has 0 bridgehead atoms. The molecule has 3 rings (SSSR count). The van der Waals surface area contributed by atoms with E-state index in [1.807, 2.05) is 0 Å². The minimum Gasteiger partial charge on any atom is -0.386 e. The molecular formula is C19H28N2O5S. The van der Waals surface area contributed by atoms with Gasteiger partial charge in [-0.05, 0) is 36.5 Å². The molecule has 0 spiro atoms. The summed E-state index contributed by atoms with van der Waals surface area (Å²) in [4.78, 5) is 14.2. The second-order valence-corrected chi connectivity index (χ2v) is 9.32. The largest absolute Gasteiger partial charge is 0.386 e. The molecule has 2 aliphatic rings. The topological polar surface area (TPSA) is 95.9 Å². The minimum absolute atomic E-state index is 0.0627. The minimum atomic E-state index is -3.35. The van der Waals surface area contributed by atoms with E-state index in [-0.39, 0.29) is 12.5 Å². The summed E-state index contributed by atoms with van der Waals surface area (Å²) in [5, 5.41) is 10.9. The predicted octanol–water partition coefficient (Wildman–Crippen LogP) is 1.90. The van der Waals surface area contributed by atoms with Crippen LogP contribution in [0, 0.1) is 5.92 Å². The number of hydrogen-bond acceptors (Lipinski definition) is 5. The third kappa shape index (κ3) is 5.43. The zero-order valence-corrected chi connectivity index (χ0v) is 16.5. The molecule has 150 valence electrons. The van der Waals surface area contributed by atoms with Gasteiger partial charge in [-0.25, -0.2) is 8.42 Å². The average molecular weight is 397 g/mol. The number of anilines is 1. The van der Waals surface area contributed by atoms with E-state index in [0.717, 1.165) is 19.1 Å². The fourth-order valence-corrected chi connectivity index (χ4v) is 4.52. The Labute approximate surface area is 160 Å². The van der Waals surface area contributed by atoms with Crippen LogP contribution in [0.3, 0.4) is 0 Å². The van der Waals surface area contributed by atoms with Crippen molar-refractivity contribution >= 4 is 21.6 Å². The van der Waals surface area contributed by atoms with Crippen molar-refractivity contribution in [1.29, 1.82) is 0 Å². The molecule has 8 heteroatoms. The summed E-state index contributed by atoms with van der Waals surface area (Å²) in [6.07, 6.45) is 6.11. The normalized spacial score (nSPS) is 23.3. The van der Waals surface area contributed by atoms with Crippen molar-refractivity contribution in [2.45, 2.75) is 44.2 Å². The molecule has 1 aliphatic heterocycles. The summed E-state index contributed by atoms with van der Waals surface area (Å²) >= 11 is 0. The van der Waals surface area contributed by atoms with Crippen molar-refractivity contribution in [2.24, 2.45) is 5.92 Å². The lowest BCUT2D eigenvalue weighted by atomic mass is 9.88. The number of ether oxygens (including phenoxy) is 1. The summed E-state index contributed by atoms with van der Waals surface area (Å²) < 4.78 is 30.4. The number of amides is 1. The Morgan fingerprint density at radius 3 is 2.52 bits per heavy atom. The summed E-state index contributed by atoms with van der Waals surface area (Å²) in [7, 11) is -3.35. The number of benzene rings is 1. The Hall–Kier alpha value is -1.64. The lowest BCUT2D eigenvalue weighted by Gasteiger charge is -2.40. The molecule has 1 aliphatic carbocycles. The summed E-state index contributed by atoms with van der Waals surface area (Å²) in [5.74, 6) is 0.406. The summed E-state index contributed by atoms with van der Waals surface area (Å²) in [5.41, 5.74) is 1.06. The van der Waals surface area contributed by atoms with Crippen LogP contribution in [0.1, 0.15) is 43.8 Å². The fraction of sp³-hybridized carbons (Fsp3) is 0.632. The van der Waals surface area contributed by atoms with Crippen LogP contribution in [0.5, 0.6) is 0 Å². The van der Waals surface area contributed by atoms with Gasteiger partial charge in [0.15, 0.2) is 0 Å². The van der Waals surface area contributed by atoms with Crippen LogP contribution in [0.4, 0.5) is 5.69 Å². The number of rotatable bonds is 6. The van der Waals surface area contributed by atoms with Gasteiger partial charge in [0.05, 0.1) is 18.9 Å². The maximum absolute atomic E-state index is 12.4. The van der Waals surface area contributed by atoms with Crippen molar-refractivity contribution in [3.63, 3.8) is 0 Å². The van der Waals surface area contributed by atoms with Crippen LogP contribution >= 0.6 is 0 Å². The number of aliphatic hydroxyl groups excluding tert-OH is 1. The van der Waals surface area contributed by atoms with E-state index in [1.54, 1.807) is 29.2 Å². The zero-order valence-electron chi connectivity index (χ0n) is 15.6. The van der Waals surface area contributed by atoms with E-state index >= 15 is 0 Å². The van der Waals surface area contributed by atoms with Crippen molar-refractivity contribution in [3.05, 3.63) is 29.8 Å². The van der Waals surface area contributed by atoms with Gasteiger partial charge >= 0.3 is 0 Å². The highest BCUT2D eigenvalue weighted by Crippen LogP contribution is 2.30. The van der Waals surface area contributed by atoms with Gasteiger partial charge < -0.3 is 14.7 Å². The third-order valence-electron chi connectivity index (χ3n) is 5.33. The highest BCUT2D eigenvalue weighted by atomic mass is 32.2. The maximum atomic E-state index is 12.4. The molecule has 2 atom stereocenters. The molecule has 0 aromatic heterocycles. The average Bonchev–Trinajstić information content (AvgIpc) is 2.63. The van der Waals surface area contributed by atoms with Crippen molar-refractivity contribution in [1.82, 2.24) is 4.90 Å². The first kappa shape index (κ1) is 20.1. The van der Waals surface area contributed by atoms with Gasteiger partial charge in [0, 0.05) is 12.2 Å². The van der Waals surface area contributed by atoms with E-state index < -0.39 is 22.2 Å². The smallest absolute Gasteiger partial charge is 0.249 e. The van der Waals surface area contributed by atoms with Gasteiger partial charge in [-0.15, -0.1) is 0 Å². The number of nitrogens with one attached hydrogen (secondary N) is 1. The molecule has 1 aromatic rings. The van der Waals surface area contributed by atoms with Crippen LogP contribution in [-0.4, -0.2) is 56.4 Å². The predicted molar refractivity (Wildman–Crippen MR) is 103 cm³/mol. The molecule has 1 saturated carbocycles. The molecule has 2 N–H and O–H groups in total. The fourth-order valence-electron chi connectivity index (χ4n) is 3.96. The van der Waals surface area contributed by atoms with Gasteiger partial charge in [0.2, 0.25) is 15.9 Å². The highest BCUT2D eigenvalue weighted by molar-refractivity contribution is 7.92. The van der Waals surface area contributed by atoms with E-state index in [4.69, 9.17) is 4.74 Å². The number of aliphatic hydroxyl groups is 1. The number of carbonyl (C=O) groups excluding carboxylic acids is 1. The van der Waals surface area contributed by atoms with Crippen LogP contribution in [0.25, 0.3) is 0 Å². The Morgan fingerprint density at radius 2 is 1.89 bits per heavy atom. The number of nitrogens with zero attached hydrogens (tertiary/aromatic N) is 1. The summed E-state index contributed by atoms with van der Waals surface area (Å²) in [6.45, 7) is 1.02. The standard InChI is InChI=1S/C19H28N2O5S/c1-27(24,25)20-16-9-7-15(8-10-16)19(23)17-12-26-13-18(22)21(17)11-14-5-3-2-4-6-14/h7-10,14,17,19-20,23H,2-6,11-13H2,1H3. The lowest BCUT2D eigenvalue weighted by Crippen LogP contribution is -2.53. The molecule has 1 amide bonds. The number of sulfonamides is 1. The van der Waals surface area contributed by atoms with Crippen LogP contribution in [-0.2, 0) is 19.6 Å². The number of carbonyl (C=O) groups is 1. The molecule has 1 aromatic carbocycles. The monoisotopic (exact) mass is 396 g/mol. The molecule has 2 unspecified atom stereocenters. The van der Waals surface area contributed by atoms with E-state index in [9.17, 15) is 18.3 Å². The van der Waals surface area contributed by atoms with Gasteiger partial charge in [-0.3, -0.25) is 9.52 Å². The van der Waals surface area contributed by atoms with Crippen molar-refractivity contribution < 1.29 is 23.1 Å². The SMILES string of the molecule is CS(=O)(=O)Nc1ccc(C(O)C2COCC(=O)N2CC2CCCCC2)cc1. The third-order valence-corrected chi connectivity index (χ3v) is 5.94. The Kier molecular flexibility index (Phi) is 6.39. The van der Waals surface area contributed by atoms with Gasteiger partial charge in [0.1, 0.15) is 12.7 Å². The van der Waals surface area contributed by atoms with Crippen LogP contribution in [0.15, 0.2) is 24.3 Å². The molecule has 1 saturated heterocycles. The number of hydrogen-bond donors (Lipinski definition) is 2. The second kappa shape index (κ2) is 8.58. The highest BCUT2D eigenvalue weighted by Gasteiger charge is 2.36. The van der Waals surface area contributed by atoms with Gasteiger partial charge in [-0.1, -0.05) is 31.4 Å². The zero-order chi connectivity index (χ0) is 19.4. The van der Waals surface area contributed by atoms with Crippen molar-refractivity contribution in [3.8, 4) is 0 Å². The molecule has 2 fully saturated rings. The van der Waals surface area contributed by atoms with E-state index in [0.29, 0.717) is 30.3 Å². The summed E-state index contributed by atoms with van der Waals surface area (Å²) in [6, 6.07) is 6.14. The Morgan fingerprint density at radius 1 is 1.22 bits per heavy atom. The quantitative estimate of drug-likeness (QED) is 0.766. The molecule has 0 radical (unpaired) electrons.